The maximum absolute atomic E-state index is 13.9. The summed E-state index contributed by atoms with van der Waals surface area (Å²) in [6, 6.07) is 0. The van der Waals surface area contributed by atoms with Crippen molar-refractivity contribution in [2.24, 2.45) is 17.8 Å². The molecule has 0 bridgehead atoms. The van der Waals surface area contributed by atoms with E-state index in [1.165, 1.54) is 0 Å². The van der Waals surface area contributed by atoms with Gasteiger partial charge in [-0.25, -0.2) is 0 Å². The van der Waals surface area contributed by atoms with Crippen molar-refractivity contribution in [3.63, 3.8) is 0 Å². The van der Waals surface area contributed by atoms with E-state index < -0.39 is 20.7 Å². The second kappa shape index (κ2) is 12.1. The number of hydrogen-bond donors (Lipinski definition) is 0. The average Bonchev–Trinajstić information content (AvgIpc) is 2.65. The molecule has 0 aromatic heterocycles. The van der Waals surface area contributed by atoms with Gasteiger partial charge in [0, 0.05) is 0 Å². The van der Waals surface area contributed by atoms with Crippen molar-refractivity contribution in [1.29, 1.82) is 0 Å². The van der Waals surface area contributed by atoms with Crippen LogP contribution in [-0.2, 0) is 0 Å². The van der Waals surface area contributed by atoms with Crippen LogP contribution in [0, 0.1) is 17.8 Å². The fourth-order valence-corrected chi connectivity index (χ4v) is 10.2. The molecule has 3 unspecified atom stereocenters. The van der Waals surface area contributed by atoms with Gasteiger partial charge in [-0.2, -0.15) is 0 Å². The first kappa shape index (κ1) is 33.5. The molecule has 0 amide bonds. The summed E-state index contributed by atoms with van der Waals surface area (Å²) >= 11 is 0. The average molecular weight is 565 g/mol. The third-order valence-corrected chi connectivity index (χ3v) is 10.9. The van der Waals surface area contributed by atoms with Crippen molar-refractivity contribution in [2.75, 3.05) is 78.5 Å². The molecule has 0 saturated carbocycles. The molecule has 0 saturated heterocycles. The Morgan fingerprint density at radius 2 is 0.667 bits per heavy atom. The molecule has 3 rings (SSSR count). The van der Waals surface area contributed by atoms with E-state index in [0.29, 0.717) is 17.8 Å². The van der Waals surface area contributed by atoms with Gasteiger partial charge in [-0.15, -0.1) is 0 Å². The van der Waals surface area contributed by atoms with Gasteiger partial charge in [-0.3, -0.25) is 0 Å². The molecule has 0 aromatic rings. The zero-order valence-corrected chi connectivity index (χ0v) is 27.1. The van der Waals surface area contributed by atoms with Crippen molar-refractivity contribution < 1.29 is 12.6 Å². The van der Waals surface area contributed by atoms with Gasteiger partial charge in [0.1, 0.15) is 0 Å². The molecule has 0 fully saturated rings. The molecule has 0 heterocycles. The molecule has 0 nitrogen and oxygen atoms in total. The van der Waals surface area contributed by atoms with Crippen molar-refractivity contribution in [3.8, 4) is 0 Å². The summed E-state index contributed by atoms with van der Waals surface area (Å²) in [5, 5.41) is 0. The summed E-state index contributed by atoms with van der Waals surface area (Å²) in [4.78, 5) is 0. The summed E-state index contributed by atoms with van der Waals surface area (Å²) in [6.07, 6.45) is 30.1. The van der Waals surface area contributed by atoms with Crippen molar-refractivity contribution in [2.45, 2.75) is 19.3 Å². The first-order valence-electron chi connectivity index (χ1n) is 13.2. The van der Waals surface area contributed by atoms with Gasteiger partial charge in [0.05, 0.1) is 0 Å². The van der Waals surface area contributed by atoms with Crippen LogP contribution in [0.2, 0.25) is 0 Å². The Morgan fingerprint density at radius 3 is 0.806 bits per heavy atom. The molecule has 0 N–H and O–H groups in total. The Kier molecular flexibility index (Phi) is 11.3. The van der Waals surface area contributed by atoms with Gasteiger partial charge in [0.2, 0.25) is 0 Å². The predicted octanol–water partition coefficient (Wildman–Crippen LogP) is 10.3. The fraction of sp³-hybridized carbons (Fsp3) is 0.600. The normalized spacial score (nSPS) is 26.7. The predicted molar refractivity (Wildman–Crippen MR) is 171 cm³/mol. The molecular formula is C30H54F3P3. The summed E-state index contributed by atoms with van der Waals surface area (Å²) in [5.74, 6) is 1.29. The van der Waals surface area contributed by atoms with Crippen molar-refractivity contribution >= 4 is 20.7 Å². The van der Waals surface area contributed by atoms with Gasteiger partial charge in [-0.1, -0.05) is 0 Å². The van der Waals surface area contributed by atoms with Crippen LogP contribution < -0.4 is 0 Å². The summed E-state index contributed by atoms with van der Waals surface area (Å²) in [6.45, 7) is 7.75. The monoisotopic (exact) mass is 564 g/mol. The van der Waals surface area contributed by atoms with Crippen molar-refractivity contribution in [3.05, 3.63) is 72.9 Å². The Balaban J connectivity index is 0.000000270. The van der Waals surface area contributed by atoms with Crippen LogP contribution >= 0.6 is 20.7 Å². The SMILES string of the molecule is CP(C)(C)(F)CC1C=CC=CC1.CP(C)(C)(F)CC1C=CC=CC1.CP(C)(C)(F)CC1C=CC=CC1. The van der Waals surface area contributed by atoms with Gasteiger partial charge < -0.3 is 0 Å². The quantitative estimate of drug-likeness (QED) is 0.282. The van der Waals surface area contributed by atoms with Gasteiger partial charge in [-0.05, 0) is 0 Å². The third kappa shape index (κ3) is 20.6. The molecule has 3 atom stereocenters. The first-order valence-corrected chi connectivity index (χ1v) is 24.1. The molecular weight excluding hydrogens is 510 g/mol. The Morgan fingerprint density at radius 1 is 0.444 bits per heavy atom. The van der Waals surface area contributed by atoms with E-state index >= 15 is 0 Å². The zero-order chi connectivity index (χ0) is 27.8. The Hall–Kier alpha value is -0.480. The van der Waals surface area contributed by atoms with E-state index in [1.807, 2.05) is 36.5 Å². The minimum atomic E-state index is -2.79. The molecule has 6 heteroatoms. The van der Waals surface area contributed by atoms with E-state index in [1.54, 1.807) is 60.0 Å². The number of allylic oxidation sites excluding steroid dienone is 12. The molecule has 210 valence electrons. The van der Waals surface area contributed by atoms with Crippen LogP contribution in [-0.4, -0.2) is 78.5 Å². The van der Waals surface area contributed by atoms with Gasteiger partial charge >= 0.3 is 222 Å². The maximum atomic E-state index is 13.9. The molecule has 0 aromatic carbocycles. The zero-order valence-electron chi connectivity index (χ0n) is 24.4. The minimum absolute atomic E-state index is 0.428. The second-order valence-corrected chi connectivity index (χ2v) is 33.3. The van der Waals surface area contributed by atoms with Gasteiger partial charge in [0.15, 0.2) is 0 Å². The molecule has 36 heavy (non-hydrogen) atoms. The number of rotatable bonds is 6. The standard InChI is InChI=1S/3C10H18FP/c3*1-12(2,3,11)9-10-7-5-4-6-8-10/h3*4-7,10H,8-9H2,1-3H3. The molecule has 0 spiro atoms. The third-order valence-electron chi connectivity index (χ3n) is 5.76. The molecule has 0 aliphatic heterocycles. The number of hydrogen-bond acceptors (Lipinski definition) is 0. The van der Waals surface area contributed by atoms with Crippen LogP contribution in [0.25, 0.3) is 0 Å². The van der Waals surface area contributed by atoms with Gasteiger partial charge in [0.25, 0.3) is 0 Å². The van der Waals surface area contributed by atoms with Crippen LogP contribution in [0.3, 0.4) is 0 Å². The molecule has 3 aliphatic rings. The van der Waals surface area contributed by atoms with Crippen molar-refractivity contribution in [1.82, 2.24) is 0 Å². The summed E-state index contributed by atoms with van der Waals surface area (Å²) < 4.78 is 41.8. The van der Waals surface area contributed by atoms with E-state index in [2.05, 4.69) is 36.5 Å². The van der Waals surface area contributed by atoms with E-state index in [4.69, 9.17) is 0 Å². The van der Waals surface area contributed by atoms with Crippen LogP contribution in [0.15, 0.2) is 72.9 Å². The van der Waals surface area contributed by atoms with Crippen LogP contribution in [0.1, 0.15) is 19.3 Å². The Bertz CT molecular complexity index is 750. The molecule has 0 radical (unpaired) electrons. The fourth-order valence-electron chi connectivity index (χ4n) is 4.68. The molecule has 3 aliphatic carbocycles. The van der Waals surface area contributed by atoms with E-state index in [0.717, 1.165) is 37.7 Å². The first-order chi connectivity index (χ1) is 16.0. The second-order valence-electron chi connectivity index (χ2n) is 14.7. The summed E-state index contributed by atoms with van der Waals surface area (Å²) in [7, 11) is 0. The van der Waals surface area contributed by atoms with E-state index in [-0.39, 0.29) is 0 Å². The topological polar surface area (TPSA) is 0 Å². The summed E-state index contributed by atoms with van der Waals surface area (Å²) in [5.41, 5.74) is 0. The Labute approximate surface area is 221 Å². The number of halogens is 3. The van der Waals surface area contributed by atoms with Crippen LogP contribution in [0.4, 0.5) is 12.6 Å². The van der Waals surface area contributed by atoms with Crippen LogP contribution in [0.5, 0.6) is 0 Å². The van der Waals surface area contributed by atoms with E-state index in [9.17, 15) is 12.6 Å².